The quantitative estimate of drug-likeness (QED) is 0.595. The molecule has 2 aromatic carbocycles. The summed E-state index contributed by atoms with van der Waals surface area (Å²) in [6.07, 6.45) is 2.62. The molecule has 2 heterocycles. The zero-order valence-corrected chi connectivity index (χ0v) is 18.2. The molecule has 1 unspecified atom stereocenters. The van der Waals surface area contributed by atoms with Gasteiger partial charge >= 0.3 is 0 Å². The van der Waals surface area contributed by atoms with E-state index in [1.165, 1.54) is 5.56 Å². The van der Waals surface area contributed by atoms with Gasteiger partial charge in [0.25, 0.3) is 0 Å². The van der Waals surface area contributed by atoms with E-state index in [0.29, 0.717) is 29.4 Å². The molecule has 31 heavy (non-hydrogen) atoms. The van der Waals surface area contributed by atoms with Gasteiger partial charge in [-0.2, -0.15) is 4.98 Å². The molecular weight excluding hydrogens is 392 g/mol. The van der Waals surface area contributed by atoms with Crippen molar-refractivity contribution in [3.63, 3.8) is 0 Å². The second-order valence-electron chi connectivity index (χ2n) is 7.58. The number of hydrogen-bond donors (Lipinski definition) is 1. The van der Waals surface area contributed by atoms with Gasteiger partial charge in [0.1, 0.15) is 6.33 Å². The molecule has 1 saturated heterocycles. The number of rotatable bonds is 8. The molecule has 1 aromatic heterocycles. The van der Waals surface area contributed by atoms with E-state index in [1.54, 1.807) is 20.5 Å². The van der Waals surface area contributed by atoms with Crippen LogP contribution in [0.5, 0.6) is 11.5 Å². The Kier molecular flexibility index (Phi) is 6.47. The lowest BCUT2D eigenvalue weighted by atomic mass is 10.2. The Labute approximate surface area is 182 Å². The van der Waals surface area contributed by atoms with Crippen molar-refractivity contribution in [3.8, 4) is 11.5 Å². The van der Waals surface area contributed by atoms with E-state index in [-0.39, 0.29) is 0 Å². The first-order chi connectivity index (χ1) is 15.2. The first-order valence-corrected chi connectivity index (χ1v) is 10.3. The standard InChI is InChI=1S/C23H28N6O2/c1-28(19-11-12-29(15-19)14-17-7-5-4-6-8-17)23-25-16-24-22(27-23)26-18-9-10-20(30-2)21(13-18)31-3/h4-10,13,16,19H,11-12,14-15H2,1-3H3,(H,24,25,26,27). The molecule has 0 saturated carbocycles. The number of methoxy groups -OCH3 is 2. The highest BCUT2D eigenvalue weighted by molar-refractivity contribution is 5.60. The molecule has 162 valence electrons. The van der Waals surface area contributed by atoms with Gasteiger partial charge < -0.3 is 19.7 Å². The van der Waals surface area contributed by atoms with Gasteiger partial charge in [-0.1, -0.05) is 30.3 Å². The normalized spacial score (nSPS) is 16.2. The largest absolute Gasteiger partial charge is 0.493 e. The van der Waals surface area contributed by atoms with Crippen LogP contribution in [0.1, 0.15) is 12.0 Å². The third-order valence-electron chi connectivity index (χ3n) is 5.56. The third-order valence-corrected chi connectivity index (χ3v) is 5.56. The van der Waals surface area contributed by atoms with Gasteiger partial charge in [0.15, 0.2) is 11.5 Å². The lowest BCUT2D eigenvalue weighted by Gasteiger charge is -2.25. The van der Waals surface area contributed by atoms with Crippen LogP contribution < -0.4 is 19.7 Å². The fourth-order valence-corrected chi connectivity index (χ4v) is 3.84. The number of ether oxygens (including phenoxy) is 2. The SMILES string of the molecule is COc1ccc(Nc2ncnc(N(C)C3CCN(Cc4ccccc4)C3)n2)cc1OC. The van der Waals surface area contributed by atoms with Crippen LogP contribution >= 0.6 is 0 Å². The summed E-state index contributed by atoms with van der Waals surface area (Å²) in [5.41, 5.74) is 2.15. The Bertz CT molecular complexity index is 1000. The maximum Gasteiger partial charge on any atom is 0.232 e. The molecule has 0 radical (unpaired) electrons. The molecule has 4 rings (SSSR count). The van der Waals surface area contributed by atoms with Crippen molar-refractivity contribution in [2.75, 3.05) is 44.6 Å². The molecule has 1 aliphatic rings. The van der Waals surface area contributed by atoms with Crippen LogP contribution in [0.25, 0.3) is 0 Å². The van der Waals surface area contributed by atoms with Crippen LogP contribution in [0.2, 0.25) is 0 Å². The van der Waals surface area contributed by atoms with Crippen LogP contribution in [-0.4, -0.2) is 60.3 Å². The van der Waals surface area contributed by atoms with E-state index in [4.69, 9.17) is 9.47 Å². The van der Waals surface area contributed by atoms with E-state index in [2.05, 4.69) is 60.4 Å². The number of benzene rings is 2. The van der Waals surface area contributed by atoms with Gasteiger partial charge in [-0.25, -0.2) is 9.97 Å². The zero-order valence-electron chi connectivity index (χ0n) is 18.2. The average Bonchev–Trinajstić information content (AvgIpc) is 3.27. The summed E-state index contributed by atoms with van der Waals surface area (Å²) >= 11 is 0. The zero-order chi connectivity index (χ0) is 21.6. The van der Waals surface area contributed by atoms with Gasteiger partial charge in [0.2, 0.25) is 11.9 Å². The molecule has 0 bridgehead atoms. The fourth-order valence-electron chi connectivity index (χ4n) is 3.84. The fraction of sp³-hybridized carbons (Fsp3) is 0.348. The Morgan fingerprint density at radius 1 is 1.06 bits per heavy atom. The maximum absolute atomic E-state index is 5.37. The summed E-state index contributed by atoms with van der Waals surface area (Å²) in [4.78, 5) is 17.9. The molecule has 8 heteroatoms. The number of hydrogen-bond acceptors (Lipinski definition) is 8. The number of anilines is 3. The lowest BCUT2D eigenvalue weighted by Crippen LogP contribution is -2.35. The molecule has 1 atom stereocenters. The van der Waals surface area contributed by atoms with Gasteiger partial charge in [-0.3, -0.25) is 4.90 Å². The van der Waals surface area contributed by atoms with Gasteiger partial charge in [-0.15, -0.1) is 0 Å². The molecule has 0 aliphatic carbocycles. The minimum Gasteiger partial charge on any atom is -0.493 e. The highest BCUT2D eigenvalue weighted by atomic mass is 16.5. The van der Waals surface area contributed by atoms with Crippen LogP contribution in [0.4, 0.5) is 17.6 Å². The number of nitrogens with one attached hydrogen (secondary N) is 1. The van der Waals surface area contributed by atoms with E-state index >= 15 is 0 Å². The van der Waals surface area contributed by atoms with Crippen molar-refractivity contribution in [2.24, 2.45) is 0 Å². The summed E-state index contributed by atoms with van der Waals surface area (Å²) < 4.78 is 10.7. The van der Waals surface area contributed by atoms with Gasteiger partial charge in [-0.05, 0) is 24.1 Å². The number of aromatic nitrogens is 3. The van der Waals surface area contributed by atoms with Crippen LogP contribution in [-0.2, 0) is 6.54 Å². The molecular formula is C23H28N6O2. The van der Waals surface area contributed by atoms with Crippen molar-refractivity contribution in [2.45, 2.75) is 19.0 Å². The first kappa shape index (κ1) is 20.9. The van der Waals surface area contributed by atoms with Crippen molar-refractivity contribution < 1.29 is 9.47 Å². The summed E-state index contributed by atoms with van der Waals surface area (Å²) in [7, 11) is 5.27. The number of likely N-dealkylation sites (tertiary alicyclic amines) is 1. The van der Waals surface area contributed by atoms with Crippen molar-refractivity contribution in [1.29, 1.82) is 0 Å². The summed E-state index contributed by atoms with van der Waals surface area (Å²) in [6, 6.07) is 16.5. The Balaban J connectivity index is 1.41. The highest BCUT2D eigenvalue weighted by Gasteiger charge is 2.27. The van der Waals surface area contributed by atoms with E-state index in [0.717, 1.165) is 31.7 Å². The molecule has 1 fully saturated rings. The summed E-state index contributed by atoms with van der Waals surface area (Å²) in [5.74, 6) is 2.46. The topological polar surface area (TPSA) is 75.6 Å². The molecule has 1 aliphatic heterocycles. The molecule has 0 amide bonds. The van der Waals surface area contributed by atoms with Crippen LogP contribution in [0, 0.1) is 0 Å². The third kappa shape index (κ3) is 5.03. The number of nitrogens with zero attached hydrogens (tertiary/aromatic N) is 5. The predicted molar refractivity (Wildman–Crippen MR) is 121 cm³/mol. The van der Waals surface area contributed by atoms with Gasteiger partial charge in [0.05, 0.1) is 14.2 Å². The monoisotopic (exact) mass is 420 g/mol. The number of likely N-dealkylation sites (N-methyl/N-ethyl adjacent to an activating group) is 1. The Hall–Kier alpha value is -3.39. The highest BCUT2D eigenvalue weighted by Crippen LogP contribution is 2.30. The van der Waals surface area contributed by atoms with Gasteiger partial charge in [0, 0.05) is 44.5 Å². The van der Waals surface area contributed by atoms with E-state index < -0.39 is 0 Å². The smallest absolute Gasteiger partial charge is 0.232 e. The van der Waals surface area contributed by atoms with Crippen molar-refractivity contribution in [3.05, 3.63) is 60.4 Å². The Morgan fingerprint density at radius 3 is 2.65 bits per heavy atom. The second-order valence-corrected chi connectivity index (χ2v) is 7.58. The van der Waals surface area contributed by atoms with Crippen molar-refractivity contribution >= 4 is 17.6 Å². The van der Waals surface area contributed by atoms with Crippen LogP contribution in [0.3, 0.4) is 0 Å². The minimum absolute atomic E-state index is 0.361. The summed E-state index contributed by atoms with van der Waals surface area (Å²) in [5, 5.41) is 3.22. The lowest BCUT2D eigenvalue weighted by molar-refractivity contribution is 0.325. The average molecular weight is 421 g/mol. The Morgan fingerprint density at radius 2 is 1.87 bits per heavy atom. The molecule has 0 spiro atoms. The molecule has 1 N–H and O–H groups in total. The molecule has 3 aromatic rings. The predicted octanol–water partition coefficient (Wildman–Crippen LogP) is 3.34. The second kappa shape index (κ2) is 9.61. The first-order valence-electron chi connectivity index (χ1n) is 10.3. The molecule has 8 nitrogen and oxygen atoms in total. The maximum atomic E-state index is 5.37. The minimum atomic E-state index is 0.361. The van der Waals surface area contributed by atoms with E-state index in [9.17, 15) is 0 Å². The van der Waals surface area contributed by atoms with Crippen molar-refractivity contribution in [1.82, 2.24) is 19.9 Å². The van der Waals surface area contributed by atoms with E-state index in [1.807, 2.05) is 25.2 Å². The summed E-state index contributed by atoms with van der Waals surface area (Å²) in [6.45, 7) is 3.01. The van der Waals surface area contributed by atoms with Crippen LogP contribution in [0.15, 0.2) is 54.9 Å².